The maximum atomic E-state index is 10.3. The van der Waals surface area contributed by atoms with E-state index < -0.39 is 6.10 Å². The molecular formula is C25H30ClI2N3O4. The molecule has 0 spiro atoms. The van der Waals surface area contributed by atoms with Crippen LogP contribution in [0.2, 0.25) is 0 Å². The van der Waals surface area contributed by atoms with E-state index in [1.165, 1.54) is 10.2 Å². The Hall–Kier alpha value is -1.15. The van der Waals surface area contributed by atoms with E-state index in [1.54, 1.807) is 0 Å². The van der Waals surface area contributed by atoms with Gasteiger partial charge in [0.2, 0.25) is 0 Å². The van der Waals surface area contributed by atoms with Crippen LogP contribution in [0.25, 0.3) is 0 Å². The zero-order valence-electron chi connectivity index (χ0n) is 19.9. The van der Waals surface area contributed by atoms with Gasteiger partial charge in [0, 0.05) is 17.2 Å². The number of benzene rings is 2. The number of ether oxygens (including phenoxy) is 2. The maximum absolute atomic E-state index is 10.3. The first-order valence-electron chi connectivity index (χ1n) is 11.2. The van der Waals surface area contributed by atoms with Crippen LogP contribution < -0.4 is 9.47 Å². The molecule has 2 atom stereocenters. The average molecular weight is 722 g/mol. The normalized spacial score (nSPS) is 13.5. The number of alkyl halides is 1. The summed E-state index contributed by atoms with van der Waals surface area (Å²) in [5, 5.41) is 27.7. The number of aliphatic hydroxyl groups excluding tert-OH is 2. The second kappa shape index (κ2) is 12.9. The highest BCUT2D eigenvalue weighted by atomic mass is 127. The summed E-state index contributed by atoms with van der Waals surface area (Å²) in [6.45, 7) is 7.15. The molecule has 0 radical (unpaired) electrons. The SMILES string of the molecule is C[C@@H](CCl)COc1ccc(C(C)(C)c2ccc(OC[C@@H](O)Cn3nnc(I)c3CO)cc2)cc1[123I]. The van der Waals surface area contributed by atoms with Crippen molar-refractivity contribution in [1.82, 2.24) is 15.0 Å². The summed E-state index contributed by atoms with van der Waals surface area (Å²) in [6, 6.07) is 14.2. The molecule has 0 aliphatic heterocycles. The molecule has 2 aromatic carbocycles. The van der Waals surface area contributed by atoms with Gasteiger partial charge in [-0.05, 0) is 80.6 Å². The second-order valence-electron chi connectivity index (χ2n) is 9.00. The van der Waals surface area contributed by atoms with Crippen LogP contribution in [0.1, 0.15) is 37.6 Å². The number of rotatable bonds is 12. The lowest BCUT2D eigenvalue weighted by Gasteiger charge is -2.27. The highest BCUT2D eigenvalue weighted by Gasteiger charge is 2.24. The largest absolute Gasteiger partial charge is 0.492 e. The molecule has 35 heavy (non-hydrogen) atoms. The van der Waals surface area contributed by atoms with Gasteiger partial charge >= 0.3 is 0 Å². The quantitative estimate of drug-likeness (QED) is 0.202. The lowest BCUT2D eigenvalue weighted by molar-refractivity contribution is 0.0866. The summed E-state index contributed by atoms with van der Waals surface area (Å²) in [4.78, 5) is 0. The number of hydrogen-bond acceptors (Lipinski definition) is 6. The lowest BCUT2D eigenvalue weighted by atomic mass is 9.78. The molecule has 0 saturated heterocycles. The van der Waals surface area contributed by atoms with Crippen LogP contribution in [0.3, 0.4) is 0 Å². The van der Waals surface area contributed by atoms with Crippen LogP contribution in [-0.2, 0) is 18.6 Å². The highest BCUT2D eigenvalue weighted by Crippen LogP contribution is 2.35. The lowest BCUT2D eigenvalue weighted by Crippen LogP contribution is -2.25. The van der Waals surface area contributed by atoms with Crippen molar-refractivity contribution in [3.8, 4) is 11.5 Å². The first kappa shape index (κ1) is 28.4. The molecule has 0 bridgehead atoms. The number of aromatic nitrogens is 3. The predicted octanol–water partition coefficient (Wildman–Crippen LogP) is 5.00. The van der Waals surface area contributed by atoms with E-state index >= 15 is 0 Å². The topological polar surface area (TPSA) is 89.6 Å². The fourth-order valence-electron chi connectivity index (χ4n) is 3.47. The molecule has 0 amide bonds. The summed E-state index contributed by atoms with van der Waals surface area (Å²) < 4.78 is 14.9. The van der Waals surface area contributed by atoms with Crippen LogP contribution in [-0.4, -0.2) is 50.4 Å². The minimum atomic E-state index is -0.788. The molecule has 3 aromatic rings. The number of hydrogen-bond donors (Lipinski definition) is 2. The minimum Gasteiger partial charge on any atom is -0.492 e. The Morgan fingerprint density at radius 1 is 1.11 bits per heavy atom. The molecule has 3 rings (SSSR count). The van der Waals surface area contributed by atoms with Crippen LogP contribution >= 0.6 is 56.8 Å². The number of halogens is 3. The molecule has 1 heterocycles. The number of nitrogens with zero attached hydrogens (tertiary/aromatic N) is 3. The highest BCUT2D eigenvalue weighted by molar-refractivity contribution is 14.1. The van der Waals surface area contributed by atoms with Gasteiger partial charge in [-0.25, -0.2) is 4.68 Å². The molecule has 10 heteroatoms. The number of aliphatic hydroxyl groups is 2. The third kappa shape index (κ3) is 7.43. The summed E-state index contributed by atoms with van der Waals surface area (Å²) in [7, 11) is 0. The third-order valence-electron chi connectivity index (χ3n) is 5.78. The molecule has 0 fully saturated rings. The van der Waals surface area contributed by atoms with Crippen molar-refractivity contribution in [2.24, 2.45) is 5.92 Å². The Bertz CT molecular complexity index is 1110. The molecule has 2 N–H and O–H groups in total. The van der Waals surface area contributed by atoms with Gasteiger partial charge in [-0.3, -0.25) is 0 Å². The molecule has 0 saturated carbocycles. The van der Waals surface area contributed by atoms with Gasteiger partial charge in [-0.15, -0.1) is 16.7 Å². The standard InChI is InChI=1S/C25H30ClI2N3O4/c1-16(11-26)14-35-23-9-6-18(10-21(23)27)25(2,3)17-4-7-20(8-5-17)34-15-19(33)12-31-22(13-32)24(28)29-30-31/h4-10,16,19,32-33H,11-15H2,1-3H3/t16-,19-/m0/s1/i27-4. The summed E-state index contributed by atoms with van der Waals surface area (Å²) >= 11 is 10.2. The zero-order valence-corrected chi connectivity index (χ0v) is 25.0. The van der Waals surface area contributed by atoms with Gasteiger partial charge in [0.1, 0.15) is 27.9 Å². The summed E-state index contributed by atoms with van der Waals surface area (Å²) in [5.74, 6) is 2.42. The van der Waals surface area contributed by atoms with Crippen molar-refractivity contribution >= 4 is 56.8 Å². The van der Waals surface area contributed by atoms with Gasteiger partial charge in [0.15, 0.2) is 0 Å². The van der Waals surface area contributed by atoms with E-state index in [0.717, 1.165) is 14.9 Å². The average Bonchev–Trinajstić information content (AvgIpc) is 3.20. The van der Waals surface area contributed by atoms with Crippen molar-refractivity contribution in [1.29, 1.82) is 0 Å². The summed E-state index contributed by atoms with van der Waals surface area (Å²) in [5.41, 5.74) is 2.70. The fourth-order valence-corrected chi connectivity index (χ4v) is 4.77. The Morgan fingerprint density at radius 3 is 2.43 bits per heavy atom. The third-order valence-corrected chi connectivity index (χ3v) is 7.99. The van der Waals surface area contributed by atoms with E-state index in [-0.39, 0.29) is 25.2 Å². The molecule has 1 aromatic heterocycles. The smallest absolute Gasteiger partial charge is 0.149 e. The van der Waals surface area contributed by atoms with E-state index in [0.29, 0.717) is 33.5 Å². The maximum Gasteiger partial charge on any atom is 0.149 e. The zero-order chi connectivity index (χ0) is 25.6. The van der Waals surface area contributed by atoms with Crippen molar-refractivity contribution in [3.05, 3.63) is 66.6 Å². The molecule has 0 unspecified atom stereocenters. The van der Waals surface area contributed by atoms with Crippen molar-refractivity contribution in [3.63, 3.8) is 0 Å². The van der Waals surface area contributed by atoms with E-state index in [1.807, 2.05) is 52.9 Å². The van der Waals surface area contributed by atoms with Crippen LogP contribution in [0, 0.1) is 13.2 Å². The van der Waals surface area contributed by atoms with Gasteiger partial charge in [-0.2, -0.15) is 0 Å². The molecule has 0 aliphatic carbocycles. The monoisotopic (exact) mass is 721 g/mol. The van der Waals surface area contributed by atoms with E-state index in [2.05, 4.69) is 65.8 Å². The van der Waals surface area contributed by atoms with Crippen LogP contribution in [0.5, 0.6) is 11.5 Å². The van der Waals surface area contributed by atoms with Crippen molar-refractivity contribution in [2.45, 2.75) is 45.4 Å². The van der Waals surface area contributed by atoms with E-state index in [9.17, 15) is 10.2 Å². The van der Waals surface area contributed by atoms with Crippen LogP contribution in [0.15, 0.2) is 42.5 Å². The molecule has 190 valence electrons. The van der Waals surface area contributed by atoms with Gasteiger partial charge < -0.3 is 19.7 Å². The minimum absolute atomic E-state index is 0.103. The van der Waals surface area contributed by atoms with Gasteiger partial charge in [0.05, 0.1) is 29.0 Å². The van der Waals surface area contributed by atoms with Gasteiger partial charge in [0.25, 0.3) is 0 Å². The Kier molecular flexibility index (Phi) is 10.5. The molecular weight excluding hydrogens is 692 g/mol. The Morgan fingerprint density at radius 2 is 1.80 bits per heavy atom. The Labute approximate surface area is 238 Å². The summed E-state index contributed by atoms with van der Waals surface area (Å²) in [6.07, 6.45) is -0.788. The Balaban J connectivity index is 1.61. The predicted molar refractivity (Wildman–Crippen MR) is 153 cm³/mol. The first-order valence-corrected chi connectivity index (χ1v) is 13.9. The van der Waals surface area contributed by atoms with Crippen molar-refractivity contribution < 1.29 is 19.7 Å². The molecule has 0 aliphatic rings. The van der Waals surface area contributed by atoms with E-state index in [4.69, 9.17) is 21.1 Å². The van der Waals surface area contributed by atoms with Gasteiger partial charge in [-0.1, -0.05) is 44.2 Å². The van der Waals surface area contributed by atoms with Crippen LogP contribution in [0.4, 0.5) is 0 Å². The fraction of sp³-hybridized carbons (Fsp3) is 0.440. The second-order valence-corrected chi connectivity index (χ2v) is 11.5. The first-order chi connectivity index (χ1) is 16.6. The van der Waals surface area contributed by atoms with Crippen molar-refractivity contribution in [2.75, 3.05) is 19.1 Å². The molecule has 7 nitrogen and oxygen atoms in total.